The molecule has 3 fully saturated rings. The van der Waals surface area contributed by atoms with Gasteiger partial charge in [0.2, 0.25) is 0 Å². The molecule has 2 aliphatic heterocycles. The van der Waals surface area contributed by atoms with Gasteiger partial charge in [0.15, 0.2) is 5.82 Å². The maximum absolute atomic E-state index is 16.7. The monoisotopic (exact) mass is 682 g/mol. The number of likely N-dealkylation sites (N-methyl/N-ethyl adjacent to an activating group) is 1. The van der Waals surface area contributed by atoms with Gasteiger partial charge in [-0.3, -0.25) is 9.88 Å². The van der Waals surface area contributed by atoms with Gasteiger partial charge in [0, 0.05) is 60.9 Å². The second-order valence-electron chi connectivity index (χ2n) is 14.3. The molecule has 3 aliphatic carbocycles. The molecule has 14 heteroatoms. The molecule has 1 saturated heterocycles. The van der Waals surface area contributed by atoms with E-state index in [-0.39, 0.29) is 56.6 Å². The molecular weight excluding hydrogens is 641 g/mol. The third-order valence-corrected chi connectivity index (χ3v) is 11.8. The molecule has 2 aromatic rings. The summed E-state index contributed by atoms with van der Waals surface area (Å²) in [5.41, 5.74) is 5.20. The molecule has 4 heterocycles. The highest BCUT2D eigenvalue weighted by Gasteiger charge is 2.47. The summed E-state index contributed by atoms with van der Waals surface area (Å²) in [4.78, 5) is 18.2. The van der Waals surface area contributed by atoms with Crippen molar-refractivity contribution in [3.63, 3.8) is 0 Å². The molecule has 48 heavy (non-hydrogen) atoms. The Morgan fingerprint density at radius 2 is 1.90 bits per heavy atom. The Bertz CT molecular complexity index is 1760. The molecule has 2 saturated carbocycles. The summed E-state index contributed by atoms with van der Waals surface area (Å²) in [6.07, 6.45) is 7.54. The normalized spacial score (nSPS) is 27.9. The quantitative estimate of drug-likeness (QED) is 0.339. The van der Waals surface area contributed by atoms with Crippen LogP contribution in [0.2, 0.25) is 0 Å². The number of allylic oxidation sites excluding steroid dienone is 4. The number of nitrogens with zero attached hydrogens (tertiary/aromatic N) is 6. The van der Waals surface area contributed by atoms with Gasteiger partial charge in [-0.25, -0.2) is 13.2 Å². The number of morpholine rings is 1. The summed E-state index contributed by atoms with van der Waals surface area (Å²) in [5, 5.41) is 12.6. The Hall–Kier alpha value is -3.38. The van der Waals surface area contributed by atoms with Crippen molar-refractivity contribution in [2.45, 2.75) is 68.9 Å². The van der Waals surface area contributed by atoms with Crippen molar-refractivity contribution in [2.24, 2.45) is 17.1 Å². The molecule has 0 aromatic carbocycles. The van der Waals surface area contributed by atoms with Crippen molar-refractivity contribution in [1.29, 1.82) is 5.26 Å². The topological polar surface area (TPSA) is 125 Å². The van der Waals surface area contributed by atoms with E-state index in [0.29, 0.717) is 30.4 Å². The number of hydrogen-bond donors (Lipinski definition) is 2. The standard InChI is InChI=1S/C34H41F3N8O2S/c1-18-13-45(14-19(2)47-18)16-33(8-9-33)17-46-32-42-27-21(31(43-32)41-15-34(44(3)4)6-5-7-34)12-40-28(26(27)37)25-22(35)10-23(36)29-24(25)20(11-38)30(39)48-29/h10,12,18-19,24,29H,5-9,13-17,39H2,1-4H3,(H,41,42,43)/t18-,19-,24?,29?/m1/s1. The summed E-state index contributed by atoms with van der Waals surface area (Å²) in [5.74, 6) is -3.45. The van der Waals surface area contributed by atoms with Crippen LogP contribution >= 0.6 is 11.8 Å². The van der Waals surface area contributed by atoms with Crippen LogP contribution in [0.5, 0.6) is 6.01 Å². The number of nitrogens with one attached hydrogen (secondary N) is 1. The maximum Gasteiger partial charge on any atom is 0.319 e. The first-order chi connectivity index (χ1) is 22.9. The summed E-state index contributed by atoms with van der Waals surface area (Å²) in [7, 11) is 4.09. The second-order valence-corrected chi connectivity index (χ2v) is 15.5. The van der Waals surface area contributed by atoms with Gasteiger partial charge in [0.1, 0.15) is 28.7 Å². The summed E-state index contributed by atoms with van der Waals surface area (Å²) in [6, 6.07) is 1.97. The highest BCUT2D eigenvalue weighted by Crippen LogP contribution is 2.53. The molecule has 3 N–H and O–H groups in total. The van der Waals surface area contributed by atoms with Crippen molar-refractivity contribution in [3.05, 3.63) is 46.0 Å². The molecule has 0 radical (unpaired) electrons. The van der Waals surface area contributed by atoms with Crippen LogP contribution in [0, 0.1) is 28.5 Å². The number of thioether (sulfide) groups is 1. The zero-order valence-electron chi connectivity index (χ0n) is 27.7. The van der Waals surface area contributed by atoms with E-state index in [2.05, 4.69) is 38.9 Å². The number of rotatable bonds is 10. The average Bonchev–Trinajstić information content (AvgIpc) is 3.68. The zero-order chi connectivity index (χ0) is 34.0. The number of anilines is 1. The van der Waals surface area contributed by atoms with Gasteiger partial charge in [-0.2, -0.15) is 15.2 Å². The molecular formula is C34H41F3N8O2S. The molecule has 0 bridgehead atoms. The molecule has 2 aromatic heterocycles. The number of pyridine rings is 1. The minimum atomic E-state index is -1.13. The summed E-state index contributed by atoms with van der Waals surface area (Å²) >= 11 is 0.922. The van der Waals surface area contributed by atoms with Crippen molar-refractivity contribution in [3.8, 4) is 12.1 Å². The van der Waals surface area contributed by atoms with Crippen LogP contribution in [0.3, 0.4) is 0 Å². The van der Waals surface area contributed by atoms with Crippen LogP contribution in [0.15, 0.2) is 34.5 Å². The smallest absolute Gasteiger partial charge is 0.319 e. The number of nitrogens with two attached hydrogens (primary N) is 1. The first-order valence-electron chi connectivity index (χ1n) is 16.5. The summed E-state index contributed by atoms with van der Waals surface area (Å²) in [6.45, 7) is 7.64. The molecule has 2 unspecified atom stereocenters. The molecule has 4 atom stereocenters. The van der Waals surface area contributed by atoms with Crippen LogP contribution in [-0.2, 0) is 4.74 Å². The van der Waals surface area contributed by atoms with Crippen LogP contribution in [0.25, 0.3) is 16.5 Å². The Morgan fingerprint density at radius 3 is 2.52 bits per heavy atom. The van der Waals surface area contributed by atoms with Crippen molar-refractivity contribution in [2.75, 3.05) is 52.2 Å². The van der Waals surface area contributed by atoms with E-state index < -0.39 is 28.6 Å². The van der Waals surface area contributed by atoms with E-state index in [1.54, 1.807) is 0 Å². The Labute approximate surface area is 282 Å². The predicted molar refractivity (Wildman–Crippen MR) is 179 cm³/mol. The minimum Gasteiger partial charge on any atom is -0.463 e. The Kier molecular flexibility index (Phi) is 8.63. The first kappa shape index (κ1) is 33.1. The molecule has 7 rings (SSSR count). The number of ether oxygens (including phenoxy) is 2. The number of halogens is 3. The van der Waals surface area contributed by atoms with Gasteiger partial charge in [0.25, 0.3) is 0 Å². The van der Waals surface area contributed by atoms with E-state index in [1.165, 1.54) is 6.20 Å². The lowest BCUT2D eigenvalue weighted by molar-refractivity contribution is -0.0741. The second kappa shape index (κ2) is 12.5. The number of fused-ring (bicyclic) bond motifs is 2. The van der Waals surface area contributed by atoms with Crippen molar-refractivity contribution >= 4 is 34.1 Å². The van der Waals surface area contributed by atoms with Crippen LogP contribution in [0.4, 0.5) is 19.0 Å². The number of nitriles is 1. The lowest BCUT2D eigenvalue weighted by Gasteiger charge is -2.47. The van der Waals surface area contributed by atoms with Gasteiger partial charge in [-0.15, -0.1) is 0 Å². The maximum atomic E-state index is 16.7. The fourth-order valence-electron chi connectivity index (χ4n) is 7.57. The third kappa shape index (κ3) is 5.93. The molecule has 0 amide bonds. The molecule has 0 spiro atoms. The SMILES string of the molecule is C[C@@H]1CN(CC2(COc3nc(NCC4(N(C)C)CCC4)c4cnc(C5=C(F)C=C(F)C6SC(N)=C(C#N)C56)c(F)c4n3)CC2)C[C@@H](C)O1. The fraction of sp³-hybridized carbons (Fsp3) is 0.588. The number of aromatic nitrogens is 3. The van der Waals surface area contributed by atoms with E-state index in [0.717, 1.165) is 63.5 Å². The Balaban J connectivity index is 1.24. The molecule has 256 valence electrons. The van der Waals surface area contributed by atoms with E-state index in [1.807, 2.05) is 20.2 Å². The van der Waals surface area contributed by atoms with E-state index in [9.17, 15) is 9.65 Å². The lowest BCUT2D eigenvalue weighted by Crippen LogP contribution is -2.54. The lowest BCUT2D eigenvalue weighted by atomic mass is 9.75. The van der Waals surface area contributed by atoms with Crippen molar-refractivity contribution < 1.29 is 22.6 Å². The van der Waals surface area contributed by atoms with Gasteiger partial charge < -0.3 is 25.4 Å². The number of hydrogen-bond acceptors (Lipinski definition) is 11. The average molecular weight is 683 g/mol. The van der Waals surface area contributed by atoms with Crippen LogP contribution < -0.4 is 15.8 Å². The fourth-order valence-corrected chi connectivity index (χ4v) is 8.73. The van der Waals surface area contributed by atoms with E-state index >= 15 is 8.78 Å². The van der Waals surface area contributed by atoms with Crippen LogP contribution in [-0.4, -0.2) is 94.6 Å². The molecule has 5 aliphatic rings. The largest absolute Gasteiger partial charge is 0.463 e. The minimum absolute atomic E-state index is 0.00346. The van der Waals surface area contributed by atoms with Crippen molar-refractivity contribution in [1.82, 2.24) is 24.8 Å². The zero-order valence-corrected chi connectivity index (χ0v) is 28.5. The van der Waals surface area contributed by atoms with Crippen LogP contribution in [0.1, 0.15) is 51.6 Å². The van der Waals surface area contributed by atoms with Gasteiger partial charge in [0.05, 0.1) is 46.1 Å². The Morgan fingerprint density at radius 1 is 1.17 bits per heavy atom. The summed E-state index contributed by atoms with van der Waals surface area (Å²) < 4.78 is 59.3. The first-order valence-corrected chi connectivity index (χ1v) is 17.4. The van der Waals surface area contributed by atoms with E-state index in [4.69, 9.17) is 20.2 Å². The third-order valence-electron chi connectivity index (χ3n) is 10.6. The molecule has 10 nitrogen and oxygen atoms in total. The van der Waals surface area contributed by atoms with Gasteiger partial charge >= 0.3 is 6.01 Å². The predicted octanol–water partition coefficient (Wildman–Crippen LogP) is 5.30. The van der Waals surface area contributed by atoms with Gasteiger partial charge in [-0.1, -0.05) is 11.8 Å². The van der Waals surface area contributed by atoms with Gasteiger partial charge in [-0.05, 0) is 60.0 Å². The highest BCUT2D eigenvalue weighted by atomic mass is 32.2. The highest BCUT2D eigenvalue weighted by molar-refractivity contribution is 8.04.